The summed E-state index contributed by atoms with van der Waals surface area (Å²) in [4.78, 5) is 26.5. The molecule has 0 bridgehead atoms. The number of amides is 1. The van der Waals surface area contributed by atoms with E-state index in [4.69, 9.17) is 0 Å². The number of aromatic nitrogens is 3. The zero-order valence-corrected chi connectivity index (χ0v) is 16.4. The Labute approximate surface area is 178 Å². The fourth-order valence-corrected chi connectivity index (χ4v) is 3.58. The molecule has 1 amide bonds. The van der Waals surface area contributed by atoms with Crippen LogP contribution >= 0.6 is 0 Å². The zero-order valence-electron chi connectivity index (χ0n) is 16.4. The van der Waals surface area contributed by atoms with E-state index in [9.17, 15) is 10.1 Å². The molecule has 2 aromatic heterocycles. The van der Waals surface area contributed by atoms with Gasteiger partial charge in [-0.2, -0.15) is 5.26 Å². The zero-order chi connectivity index (χ0) is 21.3. The fourth-order valence-electron chi connectivity index (χ4n) is 3.58. The number of benzene rings is 2. The minimum absolute atomic E-state index is 0.244. The Hall–Kier alpha value is -4.50. The van der Waals surface area contributed by atoms with E-state index in [0.717, 1.165) is 16.5 Å². The van der Waals surface area contributed by atoms with Crippen molar-refractivity contribution in [1.82, 2.24) is 19.9 Å². The maximum absolute atomic E-state index is 13.0. The summed E-state index contributed by atoms with van der Waals surface area (Å²) < 4.78 is 0. The van der Waals surface area contributed by atoms with Crippen LogP contribution < -0.4 is 0 Å². The number of nitrogens with zero attached hydrogens (tertiary/aromatic N) is 4. The number of aromatic amines is 1. The third-order valence-electron chi connectivity index (χ3n) is 5.30. The van der Waals surface area contributed by atoms with Gasteiger partial charge in [0.2, 0.25) is 0 Å². The molecule has 0 spiro atoms. The van der Waals surface area contributed by atoms with E-state index >= 15 is 0 Å². The first-order valence-electron chi connectivity index (χ1n) is 9.78. The standard InChI is InChI=1S/C25H17N5O/c26-17-25(20-9-5-2-6-10-20)11-13-30(14-12-25)24(31)21-15-19-16-27-22(29-23(19)28-21)18-7-3-1-4-8-18/h1-16H,(H,27,28,29). The van der Waals surface area contributed by atoms with E-state index in [1.807, 2.05) is 60.7 Å². The second-order valence-electron chi connectivity index (χ2n) is 7.24. The van der Waals surface area contributed by atoms with Crippen LogP contribution in [0.4, 0.5) is 0 Å². The van der Waals surface area contributed by atoms with Gasteiger partial charge in [-0.15, -0.1) is 0 Å². The molecule has 1 aliphatic heterocycles. The molecule has 6 nitrogen and oxygen atoms in total. The van der Waals surface area contributed by atoms with Gasteiger partial charge in [-0.1, -0.05) is 60.7 Å². The molecule has 0 unspecified atom stereocenters. The lowest BCUT2D eigenvalue weighted by molar-refractivity contribution is 0.0862. The molecule has 5 rings (SSSR count). The molecule has 2 aromatic carbocycles. The van der Waals surface area contributed by atoms with E-state index < -0.39 is 5.41 Å². The summed E-state index contributed by atoms with van der Waals surface area (Å²) in [5.41, 5.74) is 1.86. The van der Waals surface area contributed by atoms with E-state index in [0.29, 0.717) is 17.2 Å². The maximum Gasteiger partial charge on any atom is 0.278 e. The lowest BCUT2D eigenvalue weighted by atomic mass is 9.81. The van der Waals surface area contributed by atoms with E-state index in [1.54, 1.807) is 36.8 Å². The predicted octanol–water partition coefficient (Wildman–Crippen LogP) is 4.57. The predicted molar refractivity (Wildman–Crippen MR) is 118 cm³/mol. The van der Waals surface area contributed by atoms with Crippen LogP contribution in [0, 0.1) is 11.3 Å². The van der Waals surface area contributed by atoms with Gasteiger partial charge in [0, 0.05) is 29.5 Å². The maximum atomic E-state index is 13.0. The van der Waals surface area contributed by atoms with Crippen LogP contribution in [0.15, 0.2) is 97.5 Å². The summed E-state index contributed by atoms with van der Waals surface area (Å²) in [6, 6.07) is 23.2. The Kier molecular flexibility index (Phi) is 4.42. The Morgan fingerprint density at radius 2 is 1.68 bits per heavy atom. The Morgan fingerprint density at radius 3 is 2.35 bits per heavy atom. The molecule has 0 fully saturated rings. The second-order valence-corrected chi connectivity index (χ2v) is 7.24. The van der Waals surface area contributed by atoms with Crippen LogP contribution in [0.3, 0.4) is 0 Å². The average molecular weight is 403 g/mol. The average Bonchev–Trinajstić information content (AvgIpc) is 3.28. The minimum atomic E-state index is -0.894. The van der Waals surface area contributed by atoms with Gasteiger partial charge in [-0.25, -0.2) is 9.97 Å². The van der Waals surface area contributed by atoms with Gasteiger partial charge < -0.3 is 4.98 Å². The largest absolute Gasteiger partial charge is 0.335 e. The normalized spacial score (nSPS) is 14.5. The minimum Gasteiger partial charge on any atom is -0.335 e. The summed E-state index contributed by atoms with van der Waals surface area (Å²) in [6.07, 6.45) is 8.43. The molecule has 0 saturated heterocycles. The smallest absolute Gasteiger partial charge is 0.278 e. The number of hydrogen-bond donors (Lipinski definition) is 1. The monoisotopic (exact) mass is 403 g/mol. The summed E-state index contributed by atoms with van der Waals surface area (Å²) in [5, 5.41) is 10.5. The van der Waals surface area contributed by atoms with Crippen molar-refractivity contribution >= 4 is 16.9 Å². The molecule has 148 valence electrons. The molecule has 31 heavy (non-hydrogen) atoms. The van der Waals surface area contributed by atoms with Crippen LogP contribution in [0.5, 0.6) is 0 Å². The number of allylic oxidation sites excluding steroid dienone is 2. The number of nitrogens with one attached hydrogen (secondary N) is 1. The van der Waals surface area contributed by atoms with E-state index in [-0.39, 0.29) is 5.91 Å². The van der Waals surface area contributed by atoms with Gasteiger partial charge >= 0.3 is 0 Å². The van der Waals surface area contributed by atoms with Crippen molar-refractivity contribution in [2.75, 3.05) is 0 Å². The fraction of sp³-hybridized carbons (Fsp3) is 0.0400. The van der Waals surface area contributed by atoms with Crippen molar-refractivity contribution in [2.24, 2.45) is 0 Å². The molecular weight excluding hydrogens is 386 g/mol. The molecule has 0 aliphatic carbocycles. The van der Waals surface area contributed by atoms with Crippen molar-refractivity contribution in [3.8, 4) is 17.5 Å². The SMILES string of the molecule is N#CC1(c2ccccc2)C=CN(C(=O)c2cc3cnc(-c4ccccc4)nc3[nH]2)C=C1. The summed E-state index contributed by atoms with van der Waals surface area (Å²) in [5.74, 6) is 0.347. The van der Waals surface area contributed by atoms with Gasteiger partial charge in [0.05, 0.1) is 6.07 Å². The van der Waals surface area contributed by atoms with Crippen molar-refractivity contribution in [1.29, 1.82) is 5.26 Å². The lowest BCUT2D eigenvalue weighted by Crippen LogP contribution is -2.28. The molecule has 1 N–H and O–H groups in total. The van der Waals surface area contributed by atoms with Gasteiger partial charge in [0.15, 0.2) is 5.82 Å². The highest BCUT2D eigenvalue weighted by Crippen LogP contribution is 2.30. The van der Waals surface area contributed by atoms with Gasteiger partial charge in [-0.05, 0) is 23.8 Å². The molecule has 0 radical (unpaired) electrons. The molecule has 0 saturated carbocycles. The first-order chi connectivity index (χ1) is 15.2. The molecule has 6 heteroatoms. The molecular formula is C25H17N5O. The van der Waals surface area contributed by atoms with Crippen molar-refractivity contribution in [2.45, 2.75) is 5.41 Å². The topological polar surface area (TPSA) is 85.7 Å². The van der Waals surface area contributed by atoms with Crippen LogP contribution in [-0.4, -0.2) is 25.8 Å². The van der Waals surface area contributed by atoms with Crippen molar-refractivity contribution in [3.05, 3.63) is 109 Å². The van der Waals surface area contributed by atoms with E-state index in [2.05, 4.69) is 21.0 Å². The Balaban J connectivity index is 1.42. The number of nitriles is 1. The Morgan fingerprint density at radius 1 is 1.00 bits per heavy atom. The number of rotatable bonds is 3. The molecule has 4 aromatic rings. The van der Waals surface area contributed by atoms with E-state index in [1.165, 1.54) is 4.90 Å². The number of fused-ring (bicyclic) bond motifs is 1. The Bertz CT molecular complexity index is 1350. The van der Waals surface area contributed by atoms with Crippen LogP contribution in [-0.2, 0) is 5.41 Å². The van der Waals surface area contributed by atoms with Crippen LogP contribution in [0.25, 0.3) is 22.4 Å². The summed E-state index contributed by atoms with van der Waals surface area (Å²) >= 11 is 0. The molecule has 0 atom stereocenters. The van der Waals surface area contributed by atoms with Crippen molar-refractivity contribution < 1.29 is 4.79 Å². The first kappa shape index (κ1) is 18.5. The number of hydrogen-bond acceptors (Lipinski definition) is 4. The molecule has 3 heterocycles. The highest BCUT2D eigenvalue weighted by molar-refractivity contribution is 5.98. The summed E-state index contributed by atoms with van der Waals surface area (Å²) in [7, 11) is 0. The van der Waals surface area contributed by atoms with Gasteiger partial charge in [-0.3, -0.25) is 9.69 Å². The van der Waals surface area contributed by atoms with Gasteiger partial charge in [0.1, 0.15) is 16.8 Å². The quantitative estimate of drug-likeness (QED) is 0.543. The van der Waals surface area contributed by atoms with Crippen LogP contribution in [0.2, 0.25) is 0 Å². The number of carbonyl (C=O) groups excluding carboxylic acids is 1. The third kappa shape index (κ3) is 3.28. The van der Waals surface area contributed by atoms with Crippen LogP contribution in [0.1, 0.15) is 16.1 Å². The number of H-pyrrole nitrogens is 1. The highest BCUT2D eigenvalue weighted by Gasteiger charge is 2.30. The van der Waals surface area contributed by atoms with Crippen molar-refractivity contribution in [3.63, 3.8) is 0 Å². The molecule has 1 aliphatic rings. The highest BCUT2D eigenvalue weighted by atomic mass is 16.2. The third-order valence-corrected chi connectivity index (χ3v) is 5.30. The summed E-state index contributed by atoms with van der Waals surface area (Å²) in [6.45, 7) is 0. The van der Waals surface area contributed by atoms with Gasteiger partial charge in [0.25, 0.3) is 5.91 Å². The lowest BCUT2D eigenvalue weighted by Gasteiger charge is -2.26. The number of carbonyl (C=O) groups is 1. The second kappa shape index (κ2) is 7.39. The first-order valence-corrected chi connectivity index (χ1v) is 9.78.